The molecule has 198 valence electrons. The lowest BCUT2D eigenvalue weighted by Crippen LogP contribution is -2.50. The number of fused-ring (bicyclic) bond motifs is 1. The van der Waals surface area contributed by atoms with Crippen molar-refractivity contribution in [1.29, 1.82) is 0 Å². The lowest BCUT2D eigenvalue weighted by molar-refractivity contribution is -0.127. The van der Waals surface area contributed by atoms with Crippen molar-refractivity contribution >= 4 is 11.8 Å². The summed E-state index contributed by atoms with van der Waals surface area (Å²) in [6.45, 7) is 5.82. The van der Waals surface area contributed by atoms with Crippen molar-refractivity contribution in [2.75, 3.05) is 26.2 Å². The molecule has 5 nitrogen and oxygen atoms in total. The summed E-state index contributed by atoms with van der Waals surface area (Å²) in [6, 6.07) is 17.5. The molecular formula is C32H43N3O2. The molecule has 5 rings (SSSR count). The van der Waals surface area contributed by atoms with E-state index in [9.17, 15) is 9.59 Å². The first-order valence-corrected chi connectivity index (χ1v) is 14.6. The van der Waals surface area contributed by atoms with Crippen molar-refractivity contribution in [3.63, 3.8) is 0 Å². The number of likely N-dealkylation sites (tertiary alicyclic amines) is 2. The average molecular weight is 502 g/mol. The smallest absolute Gasteiger partial charge is 0.253 e. The molecule has 0 aromatic heterocycles. The van der Waals surface area contributed by atoms with Crippen LogP contribution < -0.4 is 5.32 Å². The average Bonchev–Trinajstić information content (AvgIpc) is 2.96. The zero-order chi connectivity index (χ0) is 25.6. The number of benzene rings is 2. The van der Waals surface area contributed by atoms with Gasteiger partial charge in [0.2, 0.25) is 5.91 Å². The Bertz CT molecular complexity index is 1050. The van der Waals surface area contributed by atoms with E-state index in [0.717, 1.165) is 83.1 Å². The Morgan fingerprint density at radius 2 is 1.62 bits per heavy atom. The first-order chi connectivity index (χ1) is 18.1. The fourth-order valence-electron chi connectivity index (χ4n) is 6.53. The molecule has 3 aliphatic rings. The molecule has 0 spiro atoms. The van der Waals surface area contributed by atoms with Gasteiger partial charge in [0.15, 0.2) is 0 Å². The van der Waals surface area contributed by atoms with E-state index < -0.39 is 0 Å². The van der Waals surface area contributed by atoms with Gasteiger partial charge in [0, 0.05) is 30.6 Å². The molecule has 2 aromatic rings. The molecule has 2 aromatic carbocycles. The van der Waals surface area contributed by atoms with Crippen LogP contribution in [0.15, 0.2) is 48.5 Å². The third-order valence-corrected chi connectivity index (χ3v) is 8.87. The van der Waals surface area contributed by atoms with E-state index in [1.165, 1.54) is 29.5 Å². The summed E-state index contributed by atoms with van der Waals surface area (Å²) in [5.74, 6) is 0.523. The highest BCUT2D eigenvalue weighted by atomic mass is 16.2. The van der Waals surface area contributed by atoms with Crippen LogP contribution >= 0.6 is 0 Å². The maximum absolute atomic E-state index is 13.1. The van der Waals surface area contributed by atoms with Crippen molar-refractivity contribution in [3.05, 3.63) is 70.8 Å². The SMILES string of the molecule is CCCCc1ccc(C(=O)N2CCC(N3CCC(C(=O)N[C@H]4CCCc5ccccc54)CC3)CC2)cc1. The van der Waals surface area contributed by atoms with Gasteiger partial charge in [0.1, 0.15) is 0 Å². The Morgan fingerprint density at radius 3 is 2.35 bits per heavy atom. The number of rotatable bonds is 7. The van der Waals surface area contributed by atoms with E-state index in [-0.39, 0.29) is 23.8 Å². The van der Waals surface area contributed by atoms with E-state index >= 15 is 0 Å². The number of nitrogens with one attached hydrogen (secondary N) is 1. The Balaban J connectivity index is 1.06. The van der Waals surface area contributed by atoms with Crippen molar-refractivity contribution in [2.45, 2.75) is 83.2 Å². The van der Waals surface area contributed by atoms with Crippen LogP contribution in [0.4, 0.5) is 0 Å². The highest BCUT2D eigenvalue weighted by molar-refractivity contribution is 5.94. The van der Waals surface area contributed by atoms with Crippen molar-refractivity contribution in [3.8, 4) is 0 Å². The molecule has 2 heterocycles. The van der Waals surface area contributed by atoms with Gasteiger partial charge in [-0.25, -0.2) is 0 Å². The summed E-state index contributed by atoms with van der Waals surface area (Å²) >= 11 is 0. The lowest BCUT2D eigenvalue weighted by atomic mass is 9.86. The topological polar surface area (TPSA) is 52.7 Å². The highest BCUT2D eigenvalue weighted by Gasteiger charge is 2.33. The minimum atomic E-state index is 0.118. The second-order valence-electron chi connectivity index (χ2n) is 11.3. The standard InChI is InChI=1S/C32H43N3O2/c1-2-3-7-24-12-14-27(15-13-24)32(37)35-22-18-28(19-23-35)34-20-16-26(17-21-34)31(36)33-30-11-6-9-25-8-4-5-10-29(25)30/h4-5,8,10,12-15,26,28,30H,2-3,6-7,9,11,16-23H2,1H3,(H,33,36)/t30-/m0/s1. The summed E-state index contributed by atoms with van der Waals surface area (Å²) in [7, 11) is 0. The molecule has 1 atom stereocenters. The number of nitrogens with zero attached hydrogens (tertiary/aromatic N) is 2. The second kappa shape index (κ2) is 12.3. The summed E-state index contributed by atoms with van der Waals surface area (Å²) in [5.41, 5.74) is 4.83. The number of carbonyl (C=O) groups excluding carboxylic acids is 2. The van der Waals surface area contributed by atoms with Crippen LogP contribution in [0.3, 0.4) is 0 Å². The van der Waals surface area contributed by atoms with Crippen LogP contribution in [0.1, 0.15) is 91.4 Å². The maximum Gasteiger partial charge on any atom is 0.253 e. The van der Waals surface area contributed by atoms with Gasteiger partial charge < -0.3 is 15.1 Å². The molecule has 2 saturated heterocycles. The van der Waals surface area contributed by atoms with Crippen LogP contribution in [0.2, 0.25) is 0 Å². The van der Waals surface area contributed by atoms with Crippen LogP contribution in [0.25, 0.3) is 0 Å². The van der Waals surface area contributed by atoms with Crippen LogP contribution in [0, 0.1) is 5.92 Å². The van der Waals surface area contributed by atoms with Gasteiger partial charge in [0.25, 0.3) is 5.91 Å². The van der Waals surface area contributed by atoms with Gasteiger partial charge in [-0.3, -0.25) is 9.59 Å². The van der Waals surface area contributed by atoms with Gasteiger partial charge in [-0.15, -0.1) is 0 Å². The number of carbonyl (C=O) groups is 2. The molecule has 0 saturated carbocycles. The largest absolute Gasteiger partial charge is 0.349 e. The Kier molecular flexibility index (Phi) is 8.60. The highest BCUT2D eigenvalue weighted by Crippen LogP contribution is 2.31. The second-order valence-corrected chi connectivity index (χ2v) is 11.3. The molecule has 1 aliphatic carbocycles. The molecule has 0 bridgehead atoms. The fourth-order valence-corrected chi connectivity index (χ4v) is 6.53. The molecule has 5 heteroatoms. The van der Waals surface area contributed by atoms with E-state index in [0.29, 0.717) is 6.04 Å². The lowest BCUT2D eigenvalue weighted by Gasteiger charge is -2.41. The summed E-state index contributed by atoms with van der Waals surface area (Å²) in [4.78, 5) is 30.7. The normalized spacial score (nSPS) is 21.4. The van der Waals surface area contributed by atoms with Crippen LogP contribution in [0.5, 0.6) is 0 Å². The molecule has 2 aliphatic heterocycles. The minimum absolute atomic E-state index is 0.118. The molecule has 2 fully saturated rings. The number of amides is 2. The monoisotopic (exact) mass is 501 g/mol. The Morgan fingerprint density at radius 1 is 0.892 bits per heavy atom. The van der Waals surface area contributed by atoms with Crippen LogP contribution in [-0.4, -0.2) is 53.8 Å². The summed E-state index contributed by atoms with van der Waals surface area (Å²) in [6.07, 6.45) is 10.7. The van der Waals surface area contributed by atoms with Gasteiger partial charge in [0.05, 0.1) is 6.04 Å². The van der Waals surface area contributed by atoms with Crippen molar-refractivity contribution < 1.29 is 9.59 Å². The number of hydrogen-bond acceptors (Lipinski definition) is 3. The number of unbranched alkanes of at least 4 members (excludes halogenated alkanes) is 1. The Hall–Kier alpha value is -2.66. The summed E-state index contributed by atoms with van der Waals surface area (Å²) in [5, 5.41) is 3.38. The predicted molar refractivity (Wildman–Crippen MR) is 149 cm³/mol. The van der Waals surface area contributed by atoms with Crippen LogP contribution in [-0.2, 0) is 17.6 Å². The third kappa shape index (κ3) is 6.26. The number of piperidine rings is 2. The van der Waals surface area contributed by atoms with E-state index in [4.69, 9.17) is 0 Å². The molecule has 2 amide bonds. The van der Waals surface area contributed by atoms with E-state index in [1.54, 1.807) is 0 Å². The van der Waals surface area contributed by atoms with Crippen molar-refractivity contribution in [2.24, 2.45) is 5.92 Å². The van der Waals surface area contributed by atoms with Gasteiger partial charge >= 0.3 is 0 Å². The number of aryl methyl sites for hydroxylation is 2. The molecule has 0 unspecified atom stereocenters. The quantitative estimate of drug-likeness (QED) is 0.542. The molecule has 0 radical (unpaired) electrons. The zero-order valence-corrected chi connectivity index (χ0v) is 22.5. The van der Waals surface area contributed by atoms with E-state index in [2.05, 4.69) is 53.5 Å². The van der Waals surface area contributed by atoms with Crippen molar-refractivity contribution in [1.82, 2.24) is 15.1 Å². The molecular weight excluding hydrogens is 458 g/mol. The minimum Gasteiger partial charge on any atom is -0.349 e. The predicted octanol–water partition coefficient (Wildman–Crippen LogP) is 5.54. The molecule has 1 N–H and O–H groups in total. The van der Waals surface area contributed by atoms with E-state index in [1.807, 2.05) is 17.0 Å². The maximum atomic E-state index is 13.1. The van der Waals surface area contributed by atoms with Gasteiger partial charge in [-0.05, 0) is 99.7 Å². The number of hydrogen-bond donors (Lipinski definition) is 1. The van der Waals surface area contributed by atoms with Gasteiger partial charge in [-0.2, -0.15) is 0 Å². The zero-order valence-electron chi connectivity index (χ0n) is 22.5. The Labute approximate surface area is 222 Å². The first-order valence-electron chi connectivity index (χ1n) is 14.6. The fraction of sp³-hybridized carbons (Fsp3) is 0.562. The first kappa shape index (κ1) is 26.0. The molecule has 37 heavy (non-hydrogen) atoms. The summed E-state index contributed by atoms with van der Waals surface area (Å²) < 4.78 is 0. The van der Waals surface area contributed by atoms with Gasteiger partial charge in [-0.1, -0.05) is 49.7 Å². The third-order valence-electron chi connectivity index (χ3n) is 8.87.